The Bertz CT molecular complexity index is 794. The molecule has 3 saturated heterocycles. The molecule has 0 amide bonds. The molecule has 3 unspecified atom stereocenters. The zero-order valence-corrected chi connectivity index (χ0v) is 14.5. The first-order valence-corrected chi connectivity index (χ1v) is 8.85. The zero-order chi connectivity index (χ0) is 17.6. The Morgan fingerprint density at radius 3 is 2.96 bits per heavy atom. The number of hydrogen-bond donors (Lipinski definition) is 2. The molecule has 132 valence electrons. The van der Waals surface area contributed by atoms with Crippen molar-refractivity contribution >= 4 is 10.9 Å². The molecule has 4 heterocycles. The lowest BCUT2D eigenvalue weighted by molar-refractivity contribution is -0.0542. The van der Waals surface area contributed by atoms with Crippen LogP contribution in [-0.4, -0.2) is 47.3 Å². The van der Waals surface area contributed by atoms with Gasteiger partial charge in [0, 0.05) is 36.8 Å². The number of benzene rings is 1. The molecule has 3 aliphatic rings. The van der Waals surface area contributed by atoms with Crippen molar-refractivity contribution in [1.29, 1.82) is 0 Å². The Labute approximate surface area is 148 Å². The number of nitrogens with zero attached hydrogens (tertiary/aromatic N) is 2. The molecule has 25 heavy (non-hydrogen) atoms. The predicted molar refractivity (Wildman–Crippen MR) is 98.4 cm³/mol. The van der Waals surface area contributed by atoms with Crippen LogP contribution >= 0.6 is 0 Å². The third-order valence-corrected chi connectivity index (χ3v) is 5.94. The number of hydrogen-bond acceptors (Lipinski definition) is 5. The lowest BCUT2D eigenvalue weighted by atomic mass is 9.71. The van der Waals surface area contributed by atoms with E-state index in [4.69, 9.17) is 10.5 Å². The van der Waals surface area contributed by atoms with Crippen molar-refractivity contribution < 1.29 is 9.84 Å². The Hall–Kier alpha value is -1.95. The van der Waals surface area contributed by atoms with Crippen LogP contribution in [0.3, 0.4) is 0 Å². The van der Waals surface area contributed by atoms with Crippen LogP contribution in [-0.2, 0) is 0 Å². The molecule has 5 nitrogen and oxygen atoms in total. The van der Waals surface area contributed by atoms with Crippen LogP contribution in [0.5, 0.6) is 5.75 Å². The molecule has 0 saturated carbocycles. The average Bonchev–Trinajstić information content (AvgIpc) is 2.66. The van der Waals surface area contributed by atoms with Crippen molar-refractivity contribution in [2.75, 3.05) is 20.2 Å². The summed E-state index contributed by atoms with van der Waals surface area (Å²) in [5.74, 6) is 1.58. The highest BCUT2D eigenvalue weighted by Gasteiger charge is 2.46. The summed E-state index contributed by atoms with van der Waals surface area (Å²) in [7, 11) is 1.65. The van der Waals surface area contributed by atoms with Gasteiger partial charge >= 0.3 is 0 Å². The summed E-state index contributed by atoms with van der Waals surface area (Å²) in [5, 5.41) is 12.1. The molecule has 3 N–H and O–H groups in total. The van der Waals surface area contributed by atoms with Crippen LogP contribution in [0.1, 0.15) is 18.1 Å². The zero-order valence-electron chi connectivity index (χ0n) is 14.5. The largest absolute Gasteiger partial charge is 0.497 e. The molecule has 1 aromatic heterocycles. The third kappa shape index (κ3) is 2.72. The number of aliphatic hydroxyl groups is 1. The van der Waals surface area contributed by atoms with E-state index in [2.05, 4.69) is 16.5 Å². The quantitative estimate of drug-likeness (QED) is 0.835. The highest BCUT2D eigenvalue weighted by atomic mass is 16.5. The van der Waals surface area contributed by atoms with Gasteiger partial charge in [0.1, 0.15) is 5.75 Å². The minimum Gasteiger partial charge on any atom is -0.497 e. The Morgan fingerprint density at radius 2 is 2.24 bits per heavy atom. The van der Waals surface area contributed by atoms with E-state index in [-0.39, 0.29) is 12.1 Å². The van der Waals surface area contributed by atoms with E-state index in [1.165, 1.54) is 0 Å². The molecule has 6 atom stereocenters. The third-order valence-electron chi connectivity index (χ3n) is 5.94. The summed E-state index contributed by atoms with van der Waals surface area (Å²) in [6, 6.07) is 7.94. The van der Waals surface area contributed by atoms with E-state index >= 15 is 0 Å². The van der Waals surface area contributed by atoms with Crippen molar-refractivity contribution in [3.63, 3.8) is 0 Å². The summed E-state index contributed by atoms with van der Waals surface area (Å²) in [5.41, 5.74) is 8.09. The number of piperidine rings is 3. The second kappa shape index (κ2) is 6.41. The Kier molecular flexibility index (Phi) is 4.23. The van der Waals surface area contributed by atoms with Crippen molar-refractivity contribution in [1.82, 2.24) is 9.88 Å². The van der Waals surface area contributed by atoms with Gasteiger partial charge in [0.05, 0.1) is 18.7 Å². The number of methoxy groups -OCH3 is 1. The smallest absolute Gasteiger partial charge is 0.119 e. The highest BCUT2D eigenvalue weighted by Crippen LogP contribution is 2.41. The van der Waals surface area contributed by atoms with Gasteiger partial charge in [-0.3, -0.25) is 9.88 Å². The van der Waals surface area contributed by atoms with Gasteiger partial charge in [0.2, 0.25) is 0 Å². The minimum atomic E-state index is -0.571. The number of aromatic nitrogens is 1. The molecule has 5 rings (SSSR count). The van der Waals surface area contributed by atoms with Gasteiger partial charge in [-0.05, 0) is 48.1 Å². The maximum atomic E-state index is 11.2. The van der Waals surface area contributed by atoms with Crippen LogP contribution in [0.4, 0.5) is 0 Å². The number of rotatable bonds is 4. The molecule has 1 aromatic carbocycles. The number of nitrogens with two attached hydrogens (primary N) is 1. The normalized spacial score (nSPS) is 32.5. The van der Waals surface area contributed by atoms with E-state index in [1.54, 1.807) is 13.3 Å². The van der Waals surface area contributed by atoms with Crippen molar-refractivity contribution in [3.05, 3.63) is 48.7 Å². The van der Waals surface area contributed by atoms with Crippen LogP contribution in [0, 0.1) is 11.8 Å². The molecule has 0 spiro atoms. The average molecular weight is 339 g/mol. The fourth-order valence-corrected chi connectivity index (χ4v) is 4.57. The summed E-state index contributed by atoms with van der Waals surface area (Å²) >= 11 is 0. The van der Waals surface area contributed by atoms with Crippen LogP contribution in [0.25, 0.3) is 10.9 Å². The first-order valence-electron chi connectivity index (χ1n) is 8.85. The van der Waals surface area contributed by atoms with E-state index in [1.807, 2.05) is 30.3 Å². The van der Waals surface area contributed by atoms with Gasteiger partial charge in [-0.15, -0.1) is 6.58 Å². The fraction of sp³-hybridized carbons (Fsp3) is 0.450. The van der Waals surface area contributed by atoms with Gasteiger partial charge in [-0.25, -0.2) is 0 Å². The molecule has 2 aromatic rings. The maximum Gasteiger partial charge on any atom is 0.119 e. The van der Waals surface area contributed by atoms with Crippen LogP contribution in [0.15, 0.2) is 43.1 Å². The molecule has 0 radical (unpaired) electrons. The summed E-state index contributed by atoms with van der Waals surface area (Å²) < 4.78 is 5.35. The molecule has 3 aliphatic heterocycles. The van der Waals surface area contributed by atoms with Crippen molar-refractivity contribution in [2.24, 2.45) is 17.6 Å². The standard InChI is InChI=1S/C20H25N3O2/c1-3-12-10-23-11-17(21)15(12)9-19(23)20(24)14-6-7-22-18-5-4-13(25-2)8-16(14)18/h3-8,12,15,17,19-20,24H,1,9-11,21H2,2H3/t12-,15?,17?,19-,20+/m0/s1. The number of ether oxygens (including phenoxy) is 1. The summed E-state index contributed by atoms with van der Waals surface area (Å²) in [6.45, 7) is 5.72. The summed E-state index contributed by atoms with van der Waals surface area (Å²) in [4.78, 5) is 6.74. The Balaban J connectivity index is 1.69. The minimum absolute atomic E-state index is 0.0813. The lowest BCUT2D eigenvalue weighted by Crippen LogP contribution is -2.63. The molecular formula is C20H25N3O2. The van der Waals surface area contributed by atoms with E-state index in [9.17, 15) is 5.11 Å². The summed E-state index contributed by atoms with van der Waals surface area (Å²) in [6.07, 6.45) is 4.11. The fourth-order valence-electron chi connectivity index (χ4n) is 4.57. The Morgan fingerprint density at radius 1 is 1.40 bits per heavy atom. The second-order valence-corrected chi connectivity index (χ2v) is 7.21. The SMILES string of the molecule is C=C[C@H]1CN2CC(N)C1C[C@H]2[C@H](O)c1ccnc2ccc(OC)cc12. The second-order valence-electron chi connectivity index (χ2n) is 7.21. The monoisotopic (exact) mass is 339 g/mol. The van der Waals surface area contributed by atoms with Crippen LogP contribution in [0.2, 0.25) is 0 Å². The molecular weight excluding hydrogens is 314 g/mol. The van der Waals surface area contributed by atoms with Gasteiger partial charge in [-0.1, -0.05) is 6.08 Å². The van der Waals surface area contributed by atoms with E-state index in [0.29, 0.717) is 11.8 Å². The van der Waals surface area contributed by atoms with Crippen molar-refractivity contribution in [3.8, 4) is 5.75 Å². The first-order chi connectivity index (χ1) is 12.1. The number of fused-ring (bicyclic) bond motifs is 4. The van der Waals surface area contributed by atoms with E-state index < -0.39 is 6.10 Å². The number of aliphatic hydroxyl groups excluding tert-OH is 1. The molecule has 5 heteroatoms. The topological polar surface area (TPSA) is 71.6 Å². The molecule has 3 fully saturated rings. The predicted octanol–water partition coefficient (Wildman–Crippen LogP) is 2.11. The van der Waals surface area contributed by atoms with Gasteiger partial charge in [0.25, 0.3) is 0 Å². The van der Waals surface area contributed by atoms with Crippen LogP contribution < -0.4 is 10.5 Å². The van der Waals surface area contributed by atoms with Gasteiger partial charge < -0.3 is 15.6 Å². The van der Waals surface area contributed by atoms with Gasteiger partial charge in [-0.2, -0.15) is 0 Å². The number of pyridine rings is 1. The maximum absolute atomic E-state index is 11.2. The lowest BCUT2D eigenvalue weighted by Gasteiger charge is -2.53. The van der Waals surface area contributed by atoms with Gasteiger partial charge in [0.15, 0.2) is 0 Å². The van der Waals surface area contributed by atoms with E-state index in [0.717, 1.165) is 41.7 Å². The van der Waals surface area contributed by atoms with Crippen molar-refractivity contribution in [2.45, 2.75) is 24.6 Å². The molecule has 0 aliphatic carbocycles. The highest BCUT2D eigenvalue weighted by molar-refractivity contribution is 5.83. The first kappa shape index (κ1) is 16.5. The molecule has 2 bridgehead atoms.